The maximum atomic E-state index is 13.0. The summed E-state index contributed by atoms with van der Waals surface area (Å²) in [5, 5.41) is 6.15. The van der Waals surface area contributed by atoms with Crippen molar-refractivity contribution in [3.05, 3.63) is 51.2 Å². The third kappa shape index (κ3) is 10.0. The summed E-state index contributed by atoms with van der Waals surface area (Å²) in [7, 11) is -4.01. The maximum Gasteiger partial charge on any atom is 0.325 e. The lowest BCUT2D eigenvalue weighted by Gasteiger charge is -2.24. The molecular formula is C26H35ClN4O5S2. The van der Waals surface area contributed by atoms with Crippen molar-refractivity contribution in [2.24, 2.45) is 4.99 Å². The van der Waals surface area contributed by atoms with Gasteiger partial charge in [0.25, 0.3) is 0 Å². The molecule has 1 amide bonds. The van der Waals surface area contributed by atoms with Crippen LogP contribution in [-0.4, -0.2) is 51.0 Å². The van der Waals surface area contributed by atoms with Crippen molar-refractivity contribution in [2.75, 3.05) is 13.1 Å². The summed E-state index contributed by atoms with van der Waals surface area (Å²) >= 11 is 7.49. The van der Waals surface area contributed by atoms with Gasteiger partial charge in [-0.15, -0.1) is 11.3 Å². The van der Waals surface area contributed by atoms with E-state index in [4.69, 9.17) is 16.3 Å². The Morgan fingerprint density at radius 1 is 1.18 bits per heavy atom. The van der Waals surface area contributed by atoms with Crippen LogP contribution in [0.1, 0.15) is 56.2 Å². The Balaban J connectivity index is 1.58. The van der Waals surface area contributed by atoms with Crippen LogP contribution in [-0.2, 0) is 37.2 Å². The standard InChI is InChI=1S/C26H35ClN4O5S2/c1-26(2,3)36-24(33)22(31-38(34,35)21-10-6-8-18(27)16-21)17-20-13-12-19(37-20)9-4-5-11-23(32)30-25-28-14-7-15-29-25/h6,8,10,12-13,16,22,31H,4-5,7,9,11,14-15,17H2,1-3H3,(H2,28,29,30,32)/t22-/m0/s1. The monoisotopic (exact) mass is 582 g/mol. The van der Waals surface area contributed by atoms with E-state index in [1.54, 1.807) is 26.8 Å². The summed E-state index contributed by atoms with van der Waals surface area (Å²) in [4.78, 5) is 31.2. The highest BCUT2D eigenvalue weighted by Gasteiger charge is 2.30. The fraction of sp³-hybridized carbons (Fsp3) is 0.500. The Morgan fingerprint density at radius 2 is 1.95 bits per heavy atom. The van der Waals surface area contributed by atoms with Crippen LogP contribution in [0.2, 0.25) is 5.02 Å². The molecule has 1 aromatic carbocycles. The molecule has 3 rings (SSSR count). The number of hydrogen-bond acceptors (Lipinski definition) is 8. The fourth-order valence-electron chi connectivity index (χ4n) is 3.70. The summed E-state index contributed by atoms with van der Waals surface area (Å²) in [5.41, 5.74) is -0.774. The molecule has 0 bridgehead atoms. The van der Waals surface area contributed by atoms with E-state index < -0.39 is 27.6 Å². The van der Waals surface area contributed by atoms with Gasteiger partial charge < -0.3 is 10.1 Å². The van der Waals surface area contributed by atoms with Crippen LogP contribution in [0.15, 0.2) is 46.3 Å². The molecule has 12 heteroatoms. The highest BCUT2D eigenvalue weighted by atomic mass is 35.5. The van der Waals surface area contributed by atoms with Crippen LogP contribution < -0.4 is 15.4 Å². The van der Waals surface area contributed by atoms with Gasteiger partial charge in [0.15, 0.2) is 5.96 Å². The second-order valence-corrected chi connectivity index (χ2v) is 13.4. The van der Waals surface area contributed by atoms with E-state index in [1.165, 1.54) is 29.5 Å². The van der Waals surface area contributed by atoms with Gasteiger partial charge in [-0.25, -0.2) is 8.42 Å². The van der Waals surface area contributed by atoms with Gasteiger partial charge in [-0.1, -0.05) is 17.7 Å². The zero-order chi connectivity index (χ0) is 27.8. The van der Waals surface area contributed by atoms with Gasteiger partial charge in [0.1, 0.15) is 11.6 Å². The second kappa shape index (κ2) is 13.5. The Hall–Kier alpha value is -2.47. The number of halogens is 1. The van der Waals surface area contributed by atoms with Gasteiger partial charge in [-0.3, -0.25) is 19.9 Å². The molecule has 1 aromatic heterocycles. The van der Waals surface area contributed by atoms with E-state index in [0.717, 1.165) is 48.5 Å². The average molecular weight is 583 g/mol. The first-order chi connectivity index (χ1) is 17.9. The number of esters is 1. The SMILES string of the molecule is CC(C)(C)OC(=O)[C@H](Cc1ccc(CCCCC(=O)NC2=NCCCN2)s1)NS(=O)(=O)c1cccc(Cl)c1. The largest absolute Gasteiger partial charge is 0.459 e. The zero-order valence-electron chi connectivity index (χ0n) is 21.9. The van der Waals surface area contributed by atoms with E-state index >= 15 is 0 Å². The highest BCUT2D eigenvalue weighted by Crippen LogP contribution is 2.23. The molecule has 0 spiro atoms. The molecule has 0 saturated carbocycles. The van der Waals surface area contributed by atoms with Crippen LogP contribution in [0.25, 0.3) is 0 Å². The Kier molecular flexibility index (Phi) is 10.7. The van der Waals surface area contributed by atoms with Crippen molar-refractivity contribution in [3.63, 3.8) is 0 Å². The summed E-state index contributed by atoms with van der Waals surface area (Å²) in [5.74, 6) is -0.159. The molecule has 1 atom stereocenters. The lowest BCUT2D eigenvalue weighted by molar-refractivity contribution is -0.156. The van der Waals surface area contributed by atoms with E-state index in [1.807, 2.05) is 12.1 Å². The smallest absolute Gasteiger partial charge is 0.325 e. The number of rotatable bonds is 11. The normalized spacial score (nSPS) is 14.8. The number of sulfonamides is 1. The molecule has 38 heavy (non-hydrogen) atoms. The minimum Gasteiger partial charge on any atom is -0.459 e. The second-order valence-electron chi connectivity index (χ2n) is 10.0. The van der Waals surface area contributed by atoms with Crippen molar-refractivity contribution in [3.8, 4) is 0 Å². The molecule has 1 aliphatic heterocycles. The molecule has 2 heterocycles. The predicted molar refractivity (Wildman–Crippen MR) is 150 cm³/mol. The Bertz CT molecular complexity index is 1250. The molecule has 0 radical (unpaired) electrons. The summed E-state index contributed by atoms with van der Waals surface area (Å²) < 4.78 is 34.0. The number of benzene rings is 1. The van der Waals surface area contributed by atoms with Crippen LogP contribution in [0, 0.1) is 0 Å². The van der Waals surface area contributed by atoms with Gasteiger partial charge in [0.2, 0.25) is 15.9 Å². The lowest BCUT2D eigenvalue weighted by atomic mass is 10.1. The number of amides is 1. The van der Waals surface area contributed by atoms with Gasteiger partial charge in [-0.05, 0) is 76.8 Å². The first-order valence-corrected chi connectivity index (χ1v) is 15.3. The molecule has 0 aliphatic carbocycles. The number of thiophene rings is 1. The molecule has 0 fully saturated rings. The average Bonchev–Trinajstić information content (AvgIpc) is 3.28. The number of guanidine groups is 1. The summed E-state index contributed by atoms with van der Waals surface area (Å²) in [6, 6.07) is 8.62. The molecule has 2 aromatic rings. The molecule has 0 saturated heterocycles. The number of aliphatic imine (C=N–C) groups is 1. The van der Waals surface area contributed by atoms with E-state index in [-0.39, 0.29) is 22.2 Å². The van der Waals surface area contributed by atoms with Crippen molar-refractivity contribution in [1.82, 2.24) is 15.4 Å². The van der Waals surface area contributed by atoms with Crippen LogP contribution in [0.5, 0.6) is 0 Å². The van der Waals surface area contributed by atoms with Crippen molar-refractivity contribution in [1.29, 1.82) is 0 Å². The van der Waals surface area contributed by atoms with Crippen LogP contribution in [0.4, 0.5) is 0 Å². The van der Waals surface area contributed by atoms with E-state index in [2.05, 4.69) is 20.3 Å². The number of nitrogens with one attached hydrogen (secondary N) is 3. The number of hydrogen-bond donors (Lipinski definition) is 3. The number of carbonyl (C=O) groups excluding carboxylic acids is 2. The van der Waals surface area contributed by atoms with Crippen molar-refractivity contribution < 1.29 is 22.7 Å². The topological polar surface area (TPSA) is 126 Å². The van der Waals surface area contributed by atoms with Gasteiger partial charge in [0.05, 0.1) is 4.90 Å². The third-order valence-electron chi connectivity index (χ3n) is 5.45. The van der Waals surface area contributed by atoms with Crippen LogP contribution >= 0.6 is 22.9 Å². The lowest BCUT2D eigenvalue weighted by Crippen LogP contribution is -2.45. The fourth-order valence-corrected chi connectivity index (χ4v) is 6.29. The van der Waals surface area contributed by atoms with Crippen molar-refractivity contribution >= 4 is 50.8 Å². The van der Waals surface area contributed by atoms with E-state index in [9.17, 15) is 18.0 Å². The highest BCUT2D eigenvalue weighted by molar-refractivity contribution is 7.89. The van der Waals surface area contributed by atoms with Gasteiger partial charge >= 0.3 is 5.97 Å². The molecular weight excluding hydrogens is 548 g/mol. The van der Waals surface area contributed by atoms with E-state index in [0.29, 0.717) is 12.4 Å². The van der Waals surface area contributed by atoms with Gasteiger partial charge in [-0.2, -0.15) is 4.72 Å². The van der Waals surface area contributed by atoms with Crippen molar-refractivity contribution in [2.45, 2.75) is 75.8 Å². The summed E-state index contributed by atoms with van der Waals surface area (Å²) in [6.45, 7) is 6.74. The first kappa shape index (κ1) is 30.1. The first-order valence-electron chi connectivity index (χ1n) is 12.6. The minimum atomic E-state index is -4.01. The Labute approximate surface area is 233 Å². The third-order valence-corrected chi connectivity index (χ3v) is 8.32. The minimum absolute atomic E-state index is 0.0270. The quantitative estimate of drug-likeness (QED) is 0.273. The number of unbranched alkanes of at least 4 members (excludes halogenated alkanes) is 1. The number of aryl methyl sites for hydroxylation is 1. The molecule has 3 N–H and O–H groups in total. The zero-order valence-corrected chi connectivity index (χ0v) is 24.3. The molecule has 0 unspecified atom stereocenters. The predicted octanol–water partition coefficient (Wildman–Crippen LogP) is 3.81. The number of nitrogens with zero attached hydrogens (tertiary/aromatic N) is 1. The molecule has 1 aliphatic rings. The maximum absolute atomic E-state index is 13.0. The number of ether oxygens (including phenoxy) is 1. The van der Waals surface area contributed by atoms with Crippen LogP contribution in [0.3, 0.4) is 0 Å². The van der Waals surface area contributed by atoms with Gasteiger partial charge in [0, 0.05) is 40.7 Å². The molecule has 208 valence electrons. The Morgan fingerprint density at radius 3 is 2.63 bits per heavy atom. The summed E-state index contributed by atoms with van der Waals surface area (Å²) in [6.07, 6.45) is 3.86. The number of carbonyl (C=O) groups is 2. The molecule has 9 nitrogen and oxygen atoms in total.